The van der Waals surface area contributed by atoms with Crippen molar-refractivity contribution in [1.29, 1.82) is 0 Å². The van der Waals surface area contributed by atoms with E-state index in [2.05, 4.69) is 10.3 Å². The van der Waals surface area contributed by atoms with Crippen LogP contribution < -0.4 is 5.32 Å². The lowest BCUT2D eigenvalue weighted by molar-refractivity contribution is 0.0920. The van der Waals surface area contributed by atoms with Gasteiger partial charge >= 0.3 is 0 Å². The number of aliphatic hydroxyl groups is 1. The van der Waals surface area contributed by atoms with E-state index in [1.54, 1.807) is 5.51 Å². The lowest BCUT2D eigenvalue weighted by Gasteiger charge is -2.15. The lowest BCUT2D eigenvalue weighted by Crippen LogP contribution is -2.30. The molecule has 1 heterocycles. The van der Waals surface area contributed by atoms with E-state index in [1.165, 1.54) is 17.5 Å². The third-order valence-electron chi connectivity index (χ3n) is 2.35. The molecular formula is C12H12N2O2S. The predicted octanol–water partition coefficient (Wildman–Crippen LogP) is 1.61. The average molecular weight is 248 g/mol. The SMILES string of the molecule is O=C(N[C@H](CO)c1ccccc1)c1cncs1. The standard InChI is InChI=1S/C12H12N2O2S/c15-7-10(9-4-2-1-3-5-9)14-12(16)11-6-13-8-17-11/h1-6,8,10,15H,7H2,(H,14,16)/t10-/m1/s1. The van der Waals surface area contributed by atoms with E-state index in [0.29, 0.717) is 4.88 Å². The third kappa shape index (κ3) is 2.89. The number of hydrogen-bond donors (Lipinski definition) is 2. The summed E-state index contributed by atoms with van der Waals surface area (Å²) in [6.45, 7) is -0.130. The number of carbonyl (C=O) groups is 1. The molecule has 17 heavy (non-hydrogen) atoms. The Labute approximate surface area is 103 Å². The number of carbonyl (C=O) groups excluding carboxylic acids is 1. The Balaban J connectivity index is 2.09. The highest BCUT2D eigenvalue weighted by atomic mass is 32.1. The second-order valence-corrected chi connectivity index (χ2v) is 4.37. The molecule has 1 aromatic heterocycles. The van der Waals surface area contributed by atoms with Crippen molar-refractivity contribution in [2.75, 3.05) is 6.61 Å². The summed E-state index contributed by atoms with van der Waals surface area (Å²) >= 11 is 1.27. The van der Waals surface area contributed by atoms with E-state index >= 15 is 0 Å². The Morgan fingerprint density at radius 3 is 2.76 bits per heavy atom. The summed E-state index contributed by atoms with van der Waals surface area (Å²) in [4.78, 5) is 16.2. The monoisotopic (exact) mass is 248 g/mol. The molecule has 0 bridgehead atoms. The highest BCUT2D eigenvalue weighted by molar-refractivity contribution is 7.11. The van der Waals surface area contributed by atoms with Crippen molar-refractivity contribution in [2.24, 2.45) is 0 Å². The Hall–Kier alpha value is -1.72. The highest BCUT2D eigenvalue weighted by Crippen LogP contribution is 2.13. The van der Waals surface area contributed by atoms with E-state index in [4.69, 9.17) is 0 Å². The van der Waals surface area contributed by atoms with Crippen LogP contribution in [-0.2, 0) is 0 Å². The first-order valence-electron chi connectivity index (χ1n) is 5.16. The van der Waals surface area contributed by atoms with Gasteiger partial charge in [0.1, 0.15) is 4.88 Å². The number of amides is 1. The fourth-order valence-electron chi connectivity index (χ4n) is 1.48. The minimum absolute atomic E-state index is 0.130. The van der Waals surface area contributed by atoms with Crippen molar-refractivity contribution in [3.05, 3.63) is 52.5 Å². The number of aliphatic hydroxyl groups excluding tert-OH is 1. The van der Waals surface area contributed by atoms with Gasteiger partial charge < -0.3 is 10.4 Å². The maximum atomic E-state index is 11.8. The van der Waals surface area contributed by atoms with Gasteiger partial charge in [-0.05, 0) is 5.56 Å². The van der Waals surface area contributed by atoms with Gasteiger partial charge in [-0.15, -0.1) is 11.3 Å². The maximum Gasteiger partial charge on any atom is 0.263 e. The molecular weight excluding hydrogens is 236 g/mol. The normalized spacial score (nSPS) is 12.1. The first-order valence-corrected chi connectivity index (χ1v) is 6.04. The molecule has 2 rings (SSSR count). The van der Waals surface area contributed by atoms with Gasteiger partial charge in [0.25, 0.3) is 5.91 Å². The molecule has 1 atom stereocenters. The average Bonchev–Trinajstić information content (AvgIpc) is 2.90. The molecule has 0 unspecified atom stereocenters. The van der Waals surface area contributed by atoms with Gasteiger partial charge in [0, 0.05) is 0 Å². The summed E-state index contributed by atoms with van der Waals surface area (Å²) in [5.74, 6) is -0.213. The van der Waals surface area contributed by atoms with Crippen molar-refractivity contribution in [1.82, 2.24) is 10.3 Å². The number of nitrogens with one attached hydrogen (secondary N) is 1. The number of thiazole rings is 1. The van der Waals surface area contributed by atoms with Crippen LogP contribution in [-0.4, -0.2) is 22.6 Å². The Morgan fingerprint density at radius 2 is 2.18 bits per heavy atom. The Kier molecular flexibility index (Phi) is 3.85. The molecule has 1 aromatic carbocycles. The molecule has 88 valence electrons. The van der Waals surface area contributed by atoms with E-state index in [0.717, 1.165) is 5.56 Å². The lowest BCUT2D eigenvalue weighted by atomic mass is 10.1. The predicted molar refractivity (Wildman–Crippen MR) is 65.8 cm³/mol. The highest BCUT2D eigenvalue weighted by Gasteiger charge is 2.15. The summed E-state index contributed by atoms with van der Waals surface area (Å²) in [7, 11) is 0. The molecule has 2 aromatic rings. The molecule has 0 radical (unpaired) electrons. The topological polar surface area (TPSA) is 62.2 Å². The molecule has 0 spiro atoms. The molecule has 5 heteroatoms. The van der Waals surface area contributed by atoms with Gasteiger partial charge in [0.05, 0.1) is 24.4 Å². The zero-order valence-electron chi connectivity index (χ0n) is 9.04. The minimum atomic E-state index is -0.384. The summed E-state index contributed by atoms with van der Waals surface area (Å²) in [6.07, 6.45) is 1.51. The molecule has 0 fully saturated rings. The zero-order chi connectivity index (χ0) is 12.1. The van der Waals surface area contributed by atoms with Gasteiger partial charge in [0.2, 0.25) is 0 Å². The maximum absolute atomic E-state index is 11.8. The fourth-order valence-corrected chi connectivity index (χ4v) is 2.00. The van der Waals surface area contributed by atoms with Crippen LogP contribution in [0.1, 0.15) is 21.3 Å². The molecule has 1 amide bonds. The summed E-state index contributed by atoms with van der Waals surface area (Å²) in [6, 6.07) is 8.99. The van der Waals surface area contributed by atoms with Gasteiger partial charge in [-0.3, -0.25) is 9.78 Å². The number of rotatable bonds is 4. The Morgan fingerprint density at radius 1 is 1.41 bits per heavy atom. The van der Waals surface area contributed by atoms with Gasteiger partial charge in [-0.2, -0.15) is 0 Å². The van der Waals surface area contributed by atoms with Crippen LogP contribution in [0.2, 0.25) is 0 Å². The smallest absolute Gasteiger partial charge is 0.263 e. The van der Waals surface area contributed by atoms with Crippen molar-refractivity contribution in [3.63, 3.8) is 0 Å². The first-order chi connectivity index (χ1) is 8.31. The van der Waals surface area contributed by atoms with Crippen molar-refractivity contribution in [2.45, 2.75) is 6.04 Å². The number of benzene rings is 1. The number of aromatic nitrogens is 1. The second kappa shape index (κ2) is 5.56. The number of hydrogen-bond acceptors (Lipinski definition) is 4. The van der Waals surface area contributed by atoms with E-state index in [-0.39, 0.29) is 18.6 Å². The second-order valence-electron chi connectivity index (χ2n) is 3.48. The minimum Gasteiger partial charge on any atom is -0.394 e. The van der Waals surface area contributed by atoms with Crippen LogP contribution in [0.5, 0.6) is 0 Å². The van der Waals surface area contributed by atoms with Crippen molar-refractivity contribution in [3.8, 4) is 0 Å². The van der Waals surface area contributed by atoms with Gasteiger partial charge in [-0.25, -0.2) is 0 Å². The van der Waals surface area contributed by atoms with Crippen LogP contribution in [0.25, 0.3) is 0 Å². The summed E-state index contributed by atoms with van der Waals surface area (Å²) in [5, 5.41) is 12.1. The molecule has 2 N–H and O–H groups in total. The van der Waals surface area contributed by atoms with Gasteiger partial charge in [0.15, 0.2) is 0 Å². The van der Waals surface area contributed by atoms with Gasteiger partial charge in [-0.1, -0.05) is 30.3 Å². The molecule has 0 aliphatic rings. The quantitative estimate of drug-likeness (QED) is 0.864. The zero-order valence-corrected chi connectivity index (χ0v) is 9.85. The van der Waals surface area contributed by atoms with Crippen molar-refractivity contribution >= 4 is 17.2 Å². The van der Waals surface area contributed by atoms with Crippen molar-refractivity contribution < 1.29 is 9.90 Å². The van der Waals surface area contributed by atoms with Crippen LogP contribution in [0, 0.1) is 0 Å². The molecule has 0 aliphatic carbocycles. The molecule has 4 nitrogen and oxygen atoms in total. The molecule has 0 saturated heterocycles. The van der Waals surface area contributed by atoms with E-state index in [1.807, 2.05) is 30.3 Å². The van der Waals surface area contributed by atoms with Crippen LogP contribution in [0.4, 0.5) is 0 Å². The summed E-state index contributed by atoms with van der Waals surface area (Å²) in [5.41, 5.74) is 2.48. The van der Waals surface area contributed by atoms with E-state index < -0.39 is 0 Å². The third-order valence-corrected chi connectivity index (χ3v) is 3.12. The first kappa shape index (κ1) is 11.8. The Bertz CT molecular complexity index is 471. The largest absolute Gasteiger partial charge is 0.394 e. The summed E-state index contributed by atoms with van der Waals surface area (Å²) < 4.78 is 0. The fraction of sp³-hybridized carbons (Fsp3) is 0.167. The molecule has 0 saturated carbocycles. The van der Waals surface area contributed by atoms with Crippen LogP contribution >= 0.6 is 11.3 Å². The number of nitrogens with zero attached hydrogens (tertiary/aromatic N) is 1. The van der Waals surface area contributed by atoms with Crippen LogP contribution in [0.15, 0.2) is 42.0 Å². The van der Waals surface area contributed by atoms with Crippen LogP contribution in [0.3, 0.4) is 0 Å². The molecule has 0 aliphatic heterocycles. The van der Waals surface area contributed by atoms with E-state index in [9.17, 15) is 9.90 Å².